The Morgan fingerprint density at radius 3 is 2.47 bits per heavy atom. The number of thiazole rings is 1. The van der Waals surface area contributed by atoms with Crippen LogP contribution in [0.2, 0.25) is 0 Å². The van der Waals surface area contributed by atoms with Gasteiger partial charge in [0.2, 0.25) is 10.9 Å². The first kappa shape index (κ1) is 15.1. The van der Waals surface area contributed by atoms with Crippen LogP contribution in [0.5, 0.6) is 0 Å². The van der Waals surface area contributed by atoms with E-state index in [4.69, 9.17) is 0 Å². The van der Waals surface area contributed by atoms with Gasteiger partial charge in [-0.25, -0.2) is 13.4 Å². The molecule has 4 nitrogen and oxygen atoms in total. The fraction of sp³-hybridized carbons (Fsp3) is 0. The monoisotopic (exact) mass is 341 g/mol. The summed E-state index contributed by atoms with van der Waals surface area (Å²) in [6, 6.07) is 7.66. The molecule has 0 aliphatic heterocycles. The quantitative estimate of drug-likeness (QED) is 0.664. The van der Waals surface area contributed by atoms with Crippen molar-refractivity contribution in [3.63, 3.8) is 0 Å². The molecule has 1 aromatic carbocycles. The Hall–Kier alpha value is 0.0800. The predicted octanol–water partition coefficient (Wildman–Crippen LogP) is 2.13. The number of halogens is 1. The van der Waals surface area contributed by atoms with Gasteiger partial charge in [-0.3, -0.25) is 4.72 Å². The number of rotatable bonds is 3. The molecule has 1 heterocycles. The van der Waals surface area contributed by atoms with E-state index in [1.807, 2.05) is 29.6 Å². The van der Waals surface area contributed by atoms with Crippen LogP contribution in [0.25, 0.3) is 11.3 Å². The molecule has 8 heteroatoms. The van der Waals surface area contributed by atoms with Gasteiger partial charge < -0.3 is 0 Å². The maximum absolute atomic E-state index is 10.4. The standard InChI is InChI=1S/C9H7BrN2O2S2.Na/c10-7-3-1-6(2-4-7)8-5-15-9(11-8)12-16(13)14;/h1-5,16H,(H,11,12,13,14);. The Bertz CT molecular complexity index is 561. The molecule has 0 spiro atoms. The van der Waals surface area contributed by atoms with E-state index in [2.05, 4.69) is 25.6 Å². The van der Waals surface area contributed by atoms with Crippen LogP contribution in [0, 0.1) is 0 Å². The number of hydrogen-bond acceptors (Lipinski definition) is 4. The molecule has 0 amide bonds. The maximum Gasteiger partial charge on any atom is 0.224 e. The van der Waals surface area contributed by atoms with Gasteiger partial charge in [0.05, 0.1) is 5.69 Å². The van der Waals surface area contributed by atoms with Gasteiger partial charge in [-0.2, -0.15) is 0 Å². The summed E-state index contributed by atoms with van der Waals surface area (Å²) in [6.07, 6.45) is 0. The van der Waals surface area contributed by atoms with Gasteiger partial charge in [0, 0.05) is 45.0 Å². The minimum absolute atomic E-state index is 0. The van der Waals surface area contributed by atoms with Crippen molar-refractivity contribution in [1.82, 2.24) is 4.98 Å². The summed E-state index contributed by atoms with van der Waals surface area (Å²) in [5.41, 5.74) is 1.71. The Morgan fingerprint density at radius 1 is 1.24 bits per heavy atom. The number of nitrogens with zero attached hydrogens (tertiary/aromatic N) is 1. The van der Waals surface area contributed by atoms with Crippen LogP contribution in [-0.4, -0.2) is 43.0 Å². The first-order valence-corrected chi connectivity index (χ1v) is 7.12. The SMILES string of the molecule is O=[SH](=O)Nc1nc(-c2ccc(Br)cc2)cs1.[Na]. The van der Waals surface area contributed by atoms with Crippen LogP contribution in [0.4, 0.5) is 5.13 Å². The smallest absolute Gasteiger partial charge is 0.224 e. The van der Waals surface area contributed by atoms with Crippen molar-refractivity contribution in [2.24, 2.45) is 0 Å². The largest absolute Gasteiger partial charge is 0.261 e. The summed E-state index contributed by atoms with van der Waals surface area (Å²) >= 11 is 4.60. The van der Waals surface area contributed by atoms with E-state index >= 15 is 0 Å². The van der Waals surface area contributed by atoms with E-state index in [0.29, 0.717) is 5.13 Å². The van der Waals surface area contributed by atoms with E-state index in [9.17, 15) is 8.42 Å². The van der Waals surface area contributed by atoms with Gasteiger partial charge in [0.15, 0.2) is 5.13 Å². The second kappa shape index (κ2) is 6.86. The minimum atomic E-state index is -2.65. The summed E-state index contributed by atoms with van der Waals surface area (Å²) < 4.78 is 24.1. The molecular weight excluding hydrogens is 335 g/mol. The van der Waals surface area contributed by atoms with Crippen LogP contribution in [0.15, 0.2) is 34.1 Å². The van der Waals surface area contributed by atoms with Gasteiger partial charge in [0.25, 0.3) is 0 Å². The molecule has 85 valence electrons. The van der Waals surface area contributed by atoms with E-state index in [0.717, 1.165) is 15.7 Å². The summed E-state index contributed by atoms with van der Waals surface area (Å²) in [5.74, 6) is 0. The molecule has 1 aromatic heterocycles. The first-order chi connectivity index (χ1) is 7.65. The zero-order valence-corrected chi connectivity index (χ0v) is 14.2. The van der Waals surface area contributed by atoms with Gasteiger partial charge in [0.1, 0.15) is 0 Å². The Kier molecular flexibility index (Phi) is 6.11. The normalized spacial score (nSPS) is 10.0. The topological polar surface area (TPSA) is 59.1 Å². The average molecular weight is 342 g/mol. The van der Waals surface area contributed by atoms with Crippen molar-refractivity contribution in [2.75, 3.05) is 4.72 Å². The zero-order valence-electron chi connectivity index (χ0n) is 8.88. The van der Waals surface area contributed by atoms with Crippen molar-refractivity contribution in [3.05, 3.63) is 34.1 Å². The predicted molar refractivity (Wildman–Crippen MR) is 74.9 cm³/mol. The molecule has 1 N–H and O–H groups in total. The number of benzene rings is 1. The molecule has 2 rings (SSSR count). The number of thiol groups is 1. The maximum atomic E-state index is 10.4. The number of aromatic nitrogens is 1. The van der Waals surface area contributed by atoms with Crippen molar-refractivity contribution >= 4 is 72.8 Å². The summed E-state index contributed by atoms with van der Waals surface area (Å²) in [7, 11) is -2.65. The average Bonchev–Trinajstić information content (AvgIpc) is 2.66. The molecule has 0 saturated heterocycles. The molecule has 0 bridgehead atoms. The van der Waals surface area contributed by atoms with Crippen LogP contribution in [-0.2, 0) is 10.9 Å². The van der Waals surface area contributed by atoms with E-state index < -0.39 is 10.9 Å². The molecule has 2 aromatic rings. The summed E-state index contributed by atoms with van der Waals surface area (Å²) in [6.45, 7) is 0. The first-order valence-electron chi connectivity index (χ1n) is 4.27. The fourth-order valence-corrected chi connectivity index (χ4v) is 2.62. The van der Waals surface area contributed by atoms with Crippen LogP contribution < -0.4 is 4.72 Å². The van der Waals surface area contributed by atoms with Crippen molar-refractivity contribution in [3.8, 4) is 11.3 Å². The second-order valence-corrected chi connectivity index (χ2v) is 5.43. The fourth-order valence-electron chi connectivity index (χ4n) is 1.16. The van der Waals surface area contributed by atoms with Crippen LogP contribution in [0.1, 0.15) is 0 Å². The number of anilines is 1. The van der Waals surface area contributed by atoms with E-state index in [1.54, 1.807) is 0 Å². The number of nitrogens with one attached hydrogen (secondary N) is 1. The Balaban J connectivity index is 0.00000144. The second-order valence-electron chi connectivity index (χ2n) is 2.91. The molecular formula is C9H7BrN2NaO2S2. The van der Waals surface area contributed by atoms with Crippen molar-refractivity contribution in [2.45, 2.75) is 0 Å². The third-order valence-corrected chi connectivity index (χ3v) is 3.66. The molecule has 0 saturated carbocycles. The van der Waals surface area contributed by atoms with Gasteiger partial charge in [-0.05, 0) is 12.1 Å². The van der Waals surface area contributed by atoms with Crippen LogP contribution in [0.3, 0.4) is 0 Å². The van der Waals surface area contributed by atoms with Gasteiger partial charge >= 0.3 is 0 Å². The van der Waals surface area contributed by atoms with E-state index in [-0.39, 0.29) is 29.6 Å². The third-order valence-electron chi connectivity index (χ3n) is 1.83. The van der Waals surface area contributed by atoms with Gasteiger partial charge in [-0.1, -0.05) is 28.1 Å². The molecule has 0 atom stereocenters. The van der Waals surface area contributed by atoms with E-state index in [1.165, 1.54) is 11.3 Å². The minimum Gasteiger partial charge on any atom is -0.261 e. The summed E-state index contributed by atoms with van der Waals surface area (Å²) in [4.78, 5) is 4.16. The van der Waals surface area contributed by atoms with Crippen molar-refractivity contribution < 1.29 is 8.42 Å². The van der Waals surface area contributed by atoms with Crippen LogP contribution >= 0.6 is 27.3 Å². The third kappa shape index (κ3) is 4.35. The molecule has 0 aliphatic rings. The van der Waals surface area contributed by atoms with Crippen molar-refractivity contribution in [1.29, 1.82) is 0 Å². The molecule has 0 aliphatic carbocycles. The molecule has 0 fully saturated rings. The zero-order chi connectivity index (χ0) is 11.5. The Labute approximate surface area is 135 Å². The number of hydrogen-bond donors (Lipinski definition) is 2. The van der Waals surface area contributed by atoms with Gasteiger partial charge in [-0.15, -0.1) is 11.3 Å². The molecule has 17 heavy (non-hydrogen) atoms. The molecule has 1 radical (unpaired) electrons. The molecule has 0 unspecified atom stereocenters. The summed E-state index contributed by atoms with van der Waals surface area (Å²) in [5, 5.41) is 2.19. The Morgan fingerprint density at radius 2 is 1.88 bits per heavy atom.